The first-order valence-electron chi connectivity index (χ1n) is 8.06. The molecule has 0 aliphatic carbocycles. The van der Waals surface area contributed by atoms with Gasteiger partial charge < -0.3 is 14.4 Å². The number of fused-ring (bicyclic) bond motifs is 1. The first kappa shape index (κ1) is 18.2. The Morgan fingerprint density at radius 1 is 1.44 bits per heavy atom. The van der Waals surface area contributed by atoms with Crippen LogP contribution >= 0.6 is 0 Å². The van der Waals surface area contributed by atoms with E-state index >= 15 is 0 Å². The molecule has 2 saturated heterocycles. The topological polar surface area (TPSA) is 59.8 Å². The molecule has 2 fully saturated rings. The van der Waals surface area contributed by atoms with Gasteiger partial charge in [-0.1, -0.05) is 0 Å². The average Bonchev–Trinajstić information content (AvgIpc) is 3.15. The van der Waals surface area contributed by atoms with Crippen LogP contribution in [0.5, 0.6) is 0 Å². The lowest BCUT2D eigenvalue weighted by Gasteiger charge is -2.36. The van der Waals surface area contributed by atoms with Crippen LogP contribution in [0, 0.1) is 0 Å². The Morgan fingerprint density at radius 3 is 2.88 bits per heavy atom. The van der Waals surface area contributed by atoms with E-state index in [0.717, 1.165) is 10.9 Å². The molecule has 2 aliphatic heterocycles. The molecule has 1 aromatic heterocycles. The van der Waals surface area contributed by atoms with Crippen LogP contribution in [0.15, 0.2) is 6.20 Å². The van der Waals surface area contributed by atoms with E-state index in [2.05, 4.69) is 10.00 Å². The maximum absolute atomic E-state index is 13.1. The molecule has 2 aliphatic rings. The second-order valence-corrected chi connectivity index (χ2v) is 6.28. The zero-order valence-electron chi connectivity index (χ0n) is 14.1. The molecule has 0 radical (unpaired) electrons. The number of halogens is 3. The van der Waals surface area contributed by atoms with Crippen molar-refractivity contribution >= 4 is 5.91 Å². The number of methoxy groups -OCH3 is 1. The number of amides is 1. The highest BCUT2D eigenvalue weighted by Crippen LogP contribution is 2.32. The van der Waals surface area contributed by atoms with Crippen molar-refractivity contribution in [2.24, 2.45) is 7.05 Å². The van der Waals surface area contributed by atoms with E-state index in [0.29, 0.717) is 32.8 Å². The summed E-state index contributed by atoms with van der Waals surface area (Å²) in [7, 11) is 2.98. The quantitative estimate of drug-likeness (QED) is 0.786. The first-order valence-corrected chi connectivity index (χ1v) is 8.06. The molecule has 1 amide bonds. The number of alkyl halides is 3. The molecule has 3 heterocycles. The molecular formula is C15H21F3N4O3. The van der Waals surface area contributed by atoms with Crippen molar-refractivity contribution in [1.82, 2.24) is 19.6 Å². The van der Waals surface area contributed by atoms with Crippen LogP contribution in [0.1, 0.15) is 16.1 Å². The van der Waals surface area contributed by atoms with E-state index in [1.165, 1.54) is 11.9 Å². The van der Waals surface area contributed by atoms with E-state index in [-0.39, 0.29) is 18.7 Å². The standard InChI is InChI=1S/C15H21F3N4O3/c1-20-7-10(13(19-20)15(16,17)18)14(23)22-8-11-12(9-22)25-6-4-21(11)3-5-24-2/h7,11-12H,3-6,8-9H2,1-2H3/t11-,12+/m1/s1. The molecule has 0 bridgehead atoms. The number of rotatable bonds is 4. The highest BCUT2D eigenvalue weighted by molar-refractivity contribution is 5.95. The molecule has 140 valence electrons. The second-order valence-electron chi connectivity index (χ2n) is 6.28. The zero-order chi connectivity index (χ0) is 18.2. The summed E-state index contributed by atoms with van der Waals surface area (Å²) in [6.45, 7) is 3.11. The molecule has 10 heteroatoms. The monoisotopic (exact) mass is 362 g/mol. The lowest BCUT2D eigenvalue weighted by atomic mass is 10.1. The van der Waals surface area contributed by atoms with Gasteiger partial charge in [-0.25, -0.2) is 0 Å². The maximum Gasteiger partial charge on any atom is 0.435 e. The molecule has 0 aromatic carbocycles. The van der Waals surface area contributed by atoms with Gasteiger partial charge in [0.05, 0.1) is 30.9 Å². The normalized spacial score (nSPS) is 24.6. The summed E-state index contributed by atoms with van der Waals surface area (Å²) >= 11 is 0. The SMILES string of the molecule is COCCN1CCO[C@H]2CN(C(=O)c3cn(C)nc3C(F)(F)F)C[C@H]21. The minimum Gasteiger partial charge on any atom is -0.383 e. The Kier molecular flexibility index (Phi) is 5.03. The Bertz CT molecular complexity index is 634. The second kappa shape index (κ2) is 6.93. The number of carbonyl (C=O) groups is 1. The average molecular weight is 362 g/mol. The van der Waals surface area contributed by atoms with E-state index in [4.69, 9.17) is 9.47 Å². The minimum atomic E-state index is -4.67. The van der Waals surface area contributed by atoms with Crippen molar-refractivity contribution in [1.29, 1.82) is 0 Å². The summed E-state index contributed by atoms with van der Waals surface area (Å²) in [6.07, 6.45) is -3.74. The van der Waals surface area contributed by atoms with Gasteiger partial charge in [-0.2, -0.15) is 18.3 Å². The summed E-state index contributed by atoms with van der Waals surface area (Å²) in [5.74, 6) is -0.662. The molecule has 0 saturated carbocycles. The van der Waals surface area contributed by atoms with Crippen LogP contribution in [-0.2, 0) is 22.7 Å². The predicted octanol–water partition coefficient (Wildman–Crippen LogP) is 0.610. The number of morpholine rings is 1. The fourth-order valence-electron chi connectivity index (χ4n) is 3.44. The van der Waals surface area contributed by atoms with Gasteiger partial charge in [0, 0.05) is 46.5 Å². The first-order chi connectivity index (χ1) is 11.8. The molecule has 3 rings (SSSR count). The Hall–Kier alpha value is -1.65. The molecular weight excluding hydrogens is 341 g/mol. The molecule has 1 aromatic rings. The van der Waals surface area contributed by atoms with Crippen molar-refractivity contribution < 1.29 is 27.4 Å². The van der Waals surface area contributed by atoms with Crippen LogP contribution in [-0.4, -0.2) is 84.1 Å². The fraction of sp³-hybridized carbons (Fsp3) is 0.733. The zero-order valence-corrected chi connectivity index (χ0v) is 14.1. The molecule has 0 unspecified atom stereocenters. The van der Waals surface area contributed by atoms with Crippen LogP contribution in [0.3, 0.4) is 0 Å². The Morgan fingerprint density at radius 2 is 2.20 bits per heavy atom. The van der Waals surface area contributed by atoms with Crippen molar-refractivity contribution in [3.8, 4) is 0 Å². The van der Waals surface area contributed by atoms with Crippen LogP contribution < -0.4 is 0 Å². The predicted molar refractivity (Wildman–Crippen MR) is 81.1 cm³/mol. The smallest absolute Gasteiger partial charge is 0.383 e. The lowest BCUT2D eigenvalue weighted by molar-refractivity contribution is -0.141. The van der Waals surface area contributed by atoms with Gasteiger partial charge in [0.25, 0.3) is 5.91 Å². The number of aryl methyl sites for hydroxylation is 1. The summed E-state index contributed by atoms with van der Waals surface area (Å²) in [4.78, 5) is 16.3. The van der Waals surface area contributed by atoms with Crippen LogP contribution in [0.25, 0.3) is 0 Å². The number of hydrogen-bond donors (Lipinski definition) is 0. The number of nitrogens with zero attached hydrogens (tertiary/aromatic N) is 4. The molecule has 25 heavy (non-hydrogen) atoms. The van der Waals surface area contributed by atoms with Gasteiger partial charge in [-0.3, -0.25) is 14.4 Å². The lowest BCUT2D eigenvalue weighted by Crippen LogP contribution is -2.51. The van der Waals surface area contributed by atoms with Gasteiger partial charge in [-0.05, 0) is 0 Å². The Balaban J connectivity index is 1.77. The van der Waals surface area contributed by atoms with Gasteiger partial charge >= 0.3 is 6.18 Å². The van der Waals surface area contributed by atoms with Crippen molar-refractivity contribution in [2.75, 3.05) is 46.5 Å². The third kappa shape index (κ3) is 3.65. The largest absolute Gasteiger partial charge is 0.435 e. The minimum absolute atomic E-state index is 0.0288. The van der Waals surface area contributed by atoms with Crippen molar-refractivity contribution in [2.45, 2.75) is 18.3 Å². The summed E-state index contributed by atoms with van der Waals surface area (Å²) < 4.78 is 51.2. The number of hydrogen-bond acceptors (Lipinski definition) is 5. The molecule has 0 spiro atoms. The summed E-state index contributed by atoms with van der Waals surface area (Å²) in [5, 5.41) is 3.41. The number of ether oxygens (including phenoxy) is 2. The van der Waals surface area contributed by atoms with Gasteiger partial charge in [-0.15, -0.1) is 0 Å². The summed E-state index contributed by atoms with van der Waals surface area (Å²) in [6, 6.07) is -0.0288. The van der Waals surface area contributed by atoms with E-state index < -0.39 is 23.3 Å². The van der Waals surface area contributed by atoms with Crippen LogP contribution in [0.2, 0.25) is 0 Å². The number of carbonyl (C=O) groups excluding carboxylic acids is 1. The molecule has 2 atom stereocenters. The molecule has 7 nitrogen and oxygen atoms in total. The van der Waals surface area contributed by atoms with Crippen molar-refractivity contribution in [3.05, 3.63) is 17.5 Å². The third-order valence-electron chi connectivity index (χ3n) is 4.61. The maximum atomic E-state index is 13.1. The van der Waals surface area contributed by atoms with Crippen LogP contribution in [0.4, 0.5) is 13.2 Å². The third-order valence-corrected chi connectivity index (χ3v) is 4.61. The Labute approximate surface area is 143 Å². The highest BCUT2D eigenvalue weighted by atomic mass is 19.4. The van der Waals surface area contributed by atoms with Gasteiger partial charge in [0.15, 0.2) is 5.69 Å². The summed E-state index contributed by atoms with van der Waals surface area (Å²) in [5.41, 5.74) is -1.57. The van der Waals surface area contributed by atoms with Gasteiger partial charge in [0.2, 0.25) is 0 Å². The molecule has 0 N–H and O–H groups in total. The van der Waals surface area contributed by atoms with E-state index in [9.17, 15) is 18.0 Å². The number of likely N-dealkylation sites (tertiary alicyclic amines) is 1. The van der Waals surface area contributed by atoms with E-state index in [1.807, 2.05) is 0 Å². The number of aromatic nitrogens is 2. The van der Waals surface area contributed by atoms with E-state index in [1.54, 1.807) is 7.11 Å². The highest BCUT2D eigenvalue weighted by Gasteiger charge is 2.45. The fourth-order valence-corrected chi connectivity index (χ4v) is 3.44. The van der Waals surface area contributed by atoms with Crippen molar-refractivity contribution in [3.63, 3.8) is 0 Å². The van der Waals surface area contributed by atoms with Gasteiger partial charge in [0.1, 0.15) is 0 Å².